The standard InChI is InChI=1S/C17H15FN2O5/c1-24-12-4-2-10(3-5-12)8-20-14-7-11(17(22)19-23)6-13(18)16(14)25-9-15(20)21/h2-7,23H,8-9H2,1H3,(H,19,22). The van der Waals surface area contributed by atoms with Crippen molar-refractivity contribution in [2.75, 3.05) is 18.6 Å². The van der Waals surface area contributed by atoms with Crippen LogP contribution in [-0.4, -0.2) is 30.7 Å². The van der Waals surface area contributed by atoms with Gasteiger partial charge in [-0.1, -0.05) is 12.1 Å². The van der Waals surface area contributed by atoms with Crippen LogP contribution in [0.3, 0.4) is 0 Å². The van der Waals surface area contributed by atoms with Crippen molar-refractivity contribution in [3.63, 3.8) is 0 Å². The quantitative estimate of drug-likeness (QED) is 0.652. The van der Waals surface area contributed by atoms with Gasteiger partial charge in [-0.05, 0) is 29.8 Å². The van der Waals surface area contributed by atoms with Gasteiger partial charge in [0.15, 0.2) is 18.2 Å². The first-order valence-corrected chi connectivity index (χ1v) is 7.37. The van der Waals surface area contributed by atoms with E-state index in [1.807, 2.05) is 0 Å². The first kappa shape index (κ1) is 16.7. The van der Waals surface area contributed by atoms with E-state index in [0.29, 0.717) is 5.75 Å². The molecule has 8 heteroatoms. The largest absolute Gasteiger partial charge is 0.497 e. The van der Waals surface area contributed by atoms with Gasteiger partial charge in [-0.15, -0.1) is 0 Å². The summed E-state index contributed by atoms with van der Waals surface area (Å²) in [4.78, 5) is 25.2. The maximum Gasteiger partial charge on any atom is 0.274 e. The van der Waals surface area contributed by atoms with Gasteiger partial charge in [0.05, 0.1) is 19.3 Å². The van der Waals surface area contributed by atoms with Gasteiger partial charge in [0.1, 0.15) is 5.75 Å². The molecule has 0 aliphatic carbocycles. The van der Waals surface area contributed by atoms with Crippen LogP contribution in [0.5, 0.6) is 11.5 Å². The fourth-order valence-corrected chi connectivity index (χ4v) is 2.55. The maximum absolute atomic E-state index is 14.2. The Hall–Kier alpha value is -3.13. The molecule has 0 spiro atoms. The van der Waals surface area contributed by atoms with Crippen LogP contribution >= 0.6 is 0 Å². The third kappa shape index (κ3) is 3.24. The Balaban J connectivity index is 1.98. The molecule has 1 aliphatic rings. The van der Waals surface area contributed by atoms with Crippen molar-refractivity contribution in [1.82, 2.24) is 5.48 Å². The molecule has 2 aromatic rings. The molecule has 1 aliphatic heterocycles. The second-order valence-electron chi connectivity index (χ2n) is 5.36. The number of fused-ring (bicyclic) bond motifs is 1. The lowest BCUT2D eigenvalue weighted by atomic mass is 10.1. The molecule has 0 saturated heterocycles. The molecule has 3 rings (SSSR count). The zero-order valence-electron chi connectivity index (χ0n) is 13.3. The molecule has 130 valence electrons. The zero-order chi connectivity index (χ0) is 18.0. The Morgan fingerprint density at radius 1 is 1.36 bits per heavy atom. The van der Waals surface area contributed by atoms with Crippen molar-refractivity contribution >= 4 is 17.5 Å². The molecule has 0 bridgehead atoms. The lowest BCUT2D eigenvalue weighted by Crippen LogP contribution is -2.39. The van der Waals surface area contributed by atoms with Crippen molar-refractivity contribution in [3.05, 3.63) is 53.3 Å². The van der Waals surface area contributed by atoms with E-state index in [1.54, 1.807) is 31.4 Å². The predicted molar refractivity (Wildman–Crippen MR) is 85.3 cm³/mol. The topological polar surface area (TPSA) is 88.1 Å². The molecule has 7 nitrogen and oxygen atoms in total. The molecule has 2 aromatic carbocycles. The van der Waals surface area contributed by atoms with Crippen LogP contribution in [0.25, 0.3) is 0 Å². The molecule has 0 fully saturated rings. The number of nitrogens with one attached hydrogen (secondary N) is 1. The summed E-state index contributed by atoms with van der Waals surface area (Å²) < 4.78 is 24.5. The zero-order valence-corrected chi connectivity index (χ0v) is 13.3. The van der Waals surface area contributed by atoms with E-state index < -0.39 is 11.7 Å². The van der Waals surface area contributed by atoms with Crippen molar-refractivity contribution in [3.8, 4) is 11.5 Å². The van der Waals surface area contributed by atoms with Gasteiger partial charge in [0.25, 0.3) is 11.8 Å². The van der Waals surface area contributed by atoms with Gasteiger partial charge >= 0.3 is 0 Å². The summed E-state index contributed by atoms with van der Waals surface area (Å²) in [7, 11) is 1.55. The normalized spacial score (nSPS) is 13.1. The second kappa shape index (κ2) is 6.78. The van der Waals surface area contributed by atoms with E-state index in [1.165, 1.54) is 16.4 Å². The highest BCUT2D eigenvalue weighted by Gasteiger charge is 2.29. The SMILES string of the molecule is COc1ccc(CN2C(=O)COc3c(F)cc(C(=O)NO)cc32)cc1. The van der Waals surface area contributed by atoms with Gasteiger partial charge in [-0.3, -0.25) is 14.8 Å². The molecule has 2 N–H and O–H groups in total. The average Bonchev–Trinajstić information content (AvgIpc) is 2.63. The Labute approximate surface area is 142 Å². The number of rotatable bonds is 4. The molecule has 1 heterocycles. The summed E-state index contributed by atoms with van der Waals surface area (Å²) in [6.45, 7) is -0.131. The highest BCUT2D eigenvalue weighted by Crippen LogP contribution is 2.36. The number of hydrogen-bond donors (Lipinski definition) is 2. The minimum atomic E-state index is -0.885. The summed E-state index contributed by atoms with van der Waals surface area (Å²) in [6.07, 6.45) is 0. The lowest BCUT2D eigenvalue weighted by molar-refractivity contribution is -0.121. The van der Waals surface area contributed by atoms with Crippen LogP contribution in [0, 0.1) is 5.82 Å². The van der Waals surface area contributed by atoms with Crippen LogP contribution < -0.4 is 19.9 Å². The number of hydroxylamine groups is 1. The average molecular weight is 346 g/mol. The molecule has 2 amide bonds. The van der Waals surface area contributed by atoms with E-state index in [2.05, 4.69) is 0 Å². The number of anilines is 1. The van der Waals surface area contributed by atoms with Gasteiger partial charge < -0.3 is 14.4 Å². The van der Waals surface area contributed by atoms with E-state index in [9.17, 15) is 14.0 Å². The number of ether oxygens (including phenoxy) is 2. The van der Waals surface area contributed by atoms with Crippen molar-refractivity contribution in [2.24, 2.45) is 0 Å². The molecule has 0 unspecified atom stereocenters. The summed E-state index contributed by atoms with van der Waals surface area (Å²) in [6, 6.07) is 9.29. The smallest absolute Gasteiger partial charge is 0.274 e. The number of hydrogen-bond acceptors (Lipinski definition) is 5. The molecule has 0 aromatic heterocycles. The maximum atomic E-state index is 14.2. The number of benzene rings is 2. The first-order chi connectivity index (χ1) is 12.0. The van der Waals surface area contributed by atoms with Crippen LogP contribution in [0.1, 0.15) is 15.9 Å². The lowest BCUT2D eigenvalue weighted by Gasteiger charge is -2.30. The fourth-order valence-electron chi connectivity index (χ4n) is 2.55. The Morgan fingerprint density at radius 3 is 2.72 bits per heavy atom. The van der Waals surface area contributed by atoms with E-state index in [0.717, 1.165) is 11.6 Å². The third-order valence-corrected chi connectivity index (χ3v) is 3.82. The molecule has 0 atom stereocenters. The van der Waals surface area contributed by atoms with Crippen molar-refractivity contribution in [1.29, 1.82) is 0 Å². The van der Waals surface area contributed by atoms with E-state index >= 15 is 0 Å². The highest BCUT2D eigenvalue weighted by atomic mass is 19.1. The molecule has 0 saturated carbocycles. The van der Waals surface area contributed by atoms with Crippen LogP contribution in [-0.2, 0) is 11.3 Å². The van der Waals surface area contributed by atoms with Gasteiger partial charge in [0.2, 0.25) is 0 Å². The molecule has 0 radical (unpaired) electrons. The minimum absolute atomic E-state index is 0.109. The summed E-state index contributed by atoms with van der Waals surface area (Å²) >= 11 is 0. The summed E-state index contributed by atoms with van der Waals surface area (Å²) in [5.41, 5.74) is 2.23. The monoisotopic (exact) mass is 346 g/mol. The van der Waals surface area contributed by atoms with Gasteiger partial charge in [0, 0.05) is 5.56 Å². The first-order valence-electron chi connectivity index (χ1n) is 7.37. The van der Waals surface area contributed by atoms with Crippen LogP contribution in [0.15, 0.2) is 36.4 Å². The summed E-state index contributed by atoms with van der Waals surface area (Å²) in [5.74, 6) is -1.48. The van der Waals surface area contributed by atoms with Crippen molar-refractivity contribution < 1.29 is 28.7 Å². The van der Waals surface area contributed by atoms with Gasteiger partial charge in [-0.2, -0.15) is 0 Å². The number of carbonyl (C=O) groups is 2. The number of methoxy groups -OCH3 is 1. The third-order valence-electron chi connectivity index (χ3n) is 3.82. The van der Waals surface area contributed by atoms with Crippen LogP contribution in [0.2, 0.25) is 0 Å². The van der Waals surface area contributed by atoms with Crippen molar-refractivity contribution in [2.45, 2.75) is 6.54 Å². The van der Waals surface area contributed by atoms with Gasteiger partial charge in [-0.25, -0.2) is 9.87 Å². The number of amides is 2. The Morgan fingerprint density at radius 2 is 2.08 bits per heavy atom. The Bertz CT molecular complexity index is 823. The number of nitrogens with zero attached hydrogens (tertiary/aromatic N) is 1. The molecule has 25 heavy (non-hydrogen) atoms. The number of carbonyl (C=O) groups excluding carboxylic acids is 2. The predicted octanol–water partition coefficient (Wildman–Crippen LogP) is 1.88. The second-order valence-corrected chi connectivity index (χ2v) is 5.36. The fraction of sp³-hybridized carbons (Fsp3) is 0.176. The Kier molecular flexibility index (Phi) is 4.53. The van der Waals surface area contributed by atoms with E-state index in [-0.39, 0.29) is 36.1 Å². The minimum Gasteiger partial charge on any atom is -0.497 e. The highest BCUT2D eigenvalue weighted by molar-refractivity contribution is 6.01. The summed E-state index contributed by atoms with van der Waals surface area (Å²) in [5, 5.41) is 8.74. The van der Waals surface area contributed by atoms with Crippen LogP contribution in [0.4, 0.5) is 10.1 Å². The van der Waals surface area contributed by atoms with E-state index in [4.69, 9.17) is 14.7 Å². The molecular weight excluding hydrogens is 331 g/mol. The number of halogens is 1. The molecular formula is C17H15FN2O5.